The lowest BCUT2D eigenvalue weighted by Crippen LogP contribution is -2.57. The fourth-order valence-corrected chi connectivity index (χ4v) is 8.09. The number of ether oxygens (including phenoxy) is 2. The lowest BCUT2D eigenvalue weighted by Gasteiger charge is -2.48. The van der Waals surface area contributed by atoms with E-state index in [1.165, 1.54) is 33.1 Å². The first-order valence-electron chi connectivity index (χ1n) is 16.9. The molecule has 2 aliphatic rings. The fraction of sp³-hybridized carbons (Fsp3) is 0.778. The highest BCUT2D eigenvalue weighted by molar-refractivity contribution is 6.74. The van der Waals surface area contributed by atoms with Gasteiger partial charge in [0.1, 0.15) is 6.10 Å². The number of unbranched alkanes of at least 4 members (excludes halogenated alkanes) is 3. The zero-order chi connectivity index (χ0) is 33.6. The summed E-state index contributed by atoms with van der Waals surface area (Å²) in [7, 11) is -4.16. The second-order valence-electron chi connectivity index (χ2n) is 16.0. The van der Waals surface area contributed by atoms with Gasteiger partial charge in [0.25, 0.3) is 0 Å². The first-order valence-corrected chi connectivity index (χ1v) is 22.7. The van der Waals surface area contributed by atoms with Gasteiger partial charge in [0.2, 0.25) is 0 Å². The second kappa shape index (κ2) is 15.4. The Balaban J connectivity index is 2.47. The van der Waals surface area contributed by atoms with E-state index in [0.717, 1.165) is 18.4 Å². The summed E-state index contributed by atoms with van der Waals surface area (Å²) in [5, 5.41) is 0.106. The lowest BCUT2D eigenvalue weighted by molar-refractivity contribution is -0.161. The minimum atomic E-state index is -2.28. The van der Waals surface area contributed by atoms with Gasteiger partial charge in [-0.05, 0) is 80.0 Å². The smallest absolute Gasteiger partial charge is 0.303 e. The normalized spacial score (nSPS) is 24.8. The first-order chi connectivity index (χ1) is 20.2. The van der Waals surface area contributed by atoms with Crippen molar-refractivity contribution in [2.75, 3.05) is 6.61 Å². The predicted octanol–water partition coefficient (Wildman–Crippen LogP) is 9.68. The van der Waals surface area contributed by atoms with Gasteiger partial charge >= 0.3 is 11.9 Å². The zero-order valence-corrected chi connectivity index (χ0v) is 32.3. The number of hydrogen-bond donors (Lipinski definition) is 0. The molecule has 44 heavy (non-hydrogen) atoms. The summed E-state index contributed by atoms with van der Waals surface area (Å²) < 4.78 is 26.0. The lowest BCUT2D eigenvalue weighted by atomic mass is 9.75. The van der Waals surface area contributed by atoms with Gasteiger partial charge in [0.15, 0.2) is 22.2 Å². The molecule has 0 fully saturated rings. The number of allylic oxidation sites excluding steroid dienone is 2. The molecule has 6 nitrogen and oxygen atoms in total. The van der Waals surface area contributed by atoms with Crippen LogP contribution in [0.4, 0.5) is 0 Å². The van der Waals surface area contributed by atoms with Crippen molar-refractivity contribution in [3.63, 3.8) is 0 Å². The molecule has 2 bridgehead atoms. The summed E-state index contributed by atoms with van der Waals surface area (Å²) in [4.78, 5) is 25.1. The van der Waals surface area contributed by atoms with Crippen LogP contribution in [0.1, 0.15) is 107 Å². The molecule has 0 amide bonds. The van der Waals surface area contributed by atoms with Gasteiger partial charge in [-0.25, -0.2) is 0 Å². The van der Waals surface area contributed by atoms with Crippen LogP contribution in [0.25, 0.3) is 0 Å². The van der Waals surface area contributed by atoms with Crippen LogP contribution in [0.5, 0.6) is 0 Å². The van der Waals surface area contributed by atoms with E-state index in [2.05, 4.69) is 99.0 Å². The van der Waals surface area contributed by atoms with Crippen molar-refractivity contribution in [2.24, 2.45) is 11.8 Å². The van der Waals surface area contributed by atoms with Gasteiger partial charge in [-0.3, -0.25) is 9.59 Å². The Bertz CT molecular complexity index is 1060. The summed E-state index contributed by atoms with van der Waals surface area (Å²) in [6.45, 7) is 28.3. The number of carbonyl (C=O) groups is 2. The van der Waals surface area contributed by atoms with Gasteiger partial charge in [-0.15, -0.1) is 0 Å². The summed E-state index contributed by atoms with van der Waals surface area (Å²) in [5.74, 6) is -0.807. The van der Waals surface area contributed by atoms with E-state index in [0.29, 0.717) is 19.4 Å². The minimum Gasteiger partial charge on any atom is -0.462 e. The maximum atomic E-state index is 12.7. The summed E-state index contributed by atoms with van der Waals surface area (Å²) in [6, 6.07) is 0. The molecule has 0 aromatic carbocycles. The predicted molar refractivity (Wildman–Crippen MR) is 187 cm³/mol. The van der Waals surface area contributed by atoms with Crippen LogP contribution in [0, 0.1) is 11.8 Å². The number of hydrogen-bond acceptors (Lipinski definition) is 6. The third-order valence-corrected chi connectivity index (χ3v) is 19.3. The number of esters is 2. The molecule has 252 valence electrons. The average molecular weight is 649 g/mol. The number of rotatable bonds is 16. The van der Waals surface area contributed by atoms with E-state index >= 15 is 0 Å². The Kier molecular flexibility index (Phi) is 13.5. The van der Waals surface area contributed by atoms with Crippen molar-refractivity contribution < 1.29 is 27.9 Å². The van der Waals surface area contributed by atoms with Crippen molar-refractivity contribution in [3.8, 4) is 0 Å². The minimum absolute atomic E-state index is 0.0315. The molecule has 5 atom stereocenters. The van der Waals surface area contributed by atoms with E-state index in [4.69, 9.17) is 18.3 Å². The molecule has 0 saturated carbocycles. The Morgan fingerprint density at radius 1 is 0.932 bits per heavy atom. The molecule has 0 spiro atoms. The molecular formula is C36H64O6Si2. The molecule has 0 aromatic rings. The Morgan fingerprint density at radius 3 is 2.11 bits per heavy atom. The molecule has 0 aliphatic heterocycles. The van der Waals surface area contributed by atoms with Gasteiger partial charge < -0.3 is 18.3 Å². The quantitative estimate of drug-likeness (QED) is 0.0718. The average Bonchev–Trinajstić information content (AvgIpc) is 3.03. The van der Waals surface area contributed by atoms with E-state index in [-0.39, 0.29) is 46.1 Å². The highest BCUT2D eigenvalue weighted by atomic mass is 28.4. The molecule has 2 aliphatic carbocycles. The molecular weight excluding hydrogens is 585 g/mol. The second-order valence-corrected chi connectivity index (χ2v) is 25.5. The highest BCUT2D eigenvalue weighted by Crippen LogP contribution is 2.53. The largest absolute Gasteiger partial charge is 0.462 e. The maximum absolute atomic E-state index is 12.7. The van der Waals surface area contributed by atoms with Crippen molar-refractivity contribution in [2.45, 2.75) is 161 Å². The molecule has 0 heterocycles. The first kappa shape index (κ1) is 38.7. The molecule has 2 rings (SSSR count). The van der Waals surface area contributed by atoms with Crippen LogP contribution in [0.2, 0.25) is 36.3 Å². The Labute approximate surface area is 271 Å². The zero-order valence-electron chi connectivity index (χ0n) is 30.3. The van der Waals surface area contributed by atoms with Crippen LogP contribution in [-0.4, -0.2) is 53.0 Å². The topological polar surface area (TPSA) is 71.1 Å². The van der Waals surface area contributed by atoms with Crippen LogP contribution < -0.4 is 0 Å². The van der Waals surface area contributed by atoms with Crippen LogP contribution in [0.15, 0.2) is 36.0 Å². The van der Waals surface area contributed by atoms with Crippen LogP contribution in [0.3, 0.4) is 0 Å². The summed E-state index contributed by atoms with van der Waals surface area (Å²) in [5.41, 5.74) is 0.0809. The Morgan fingerprint density at radius 2 is 1.57 bits per heavy atom. The van der Waals surface area contributed by atoms with Crippen molar-refractivity contribution in [1.82, 2.24) is 0 Å². The van der Waals surface area contributed by atoms with E-state index in [1.807, 2.05) is 6.08 Å². The fourth-order valence-electron chi connectivity index (χ4n) is 5.68. The SMILES string of the molecule is CCCCC/C=C\CC1=C[C@H]2C(O[Si](C)(C)C(C)(C)C)[C@]1(OC(C)=O)C=C[C@H]2[C@@H](CCCO[Si](C)(C)C(C)(C)C)OC(C)=O. The monoisotopic (exact) mass is 648 g/mol. The van der Waals surface area contributed by atoms with E-state index < -0.39 is 22.2 Å². The van der Waals surface area contributed by atoms with Crippen molar-refractivity contribution in [3.05, 3.63) is 36.0 Å². The standard InChI is InChI=1S/C36H64O6Si2/c1-14-15-16-17-18-19-21-29-26-31-30(32(40-27(2)37)22-20-25-39-43(10,11)34(4,5)6)23-24-36(29,41-28(3)38)33(31)42-44(12,13)35(7,8)9/h18-19,23-24,26,30-33H,14-17,20-22,25H2,1-13H3/b19-18-/t30-,31-,32-,33?,36+/m1/s1. The van der Waals surface area contributed by atoms with E-state index in [1.54, 1.807) is 0 Å². The van der Waals surface area contributed by atoms with E-state index in [9.17, 15) is 9.59 Å². The van der Waals surface area contributed by atoms with Crippen molar-refractivity contribution in [1.29, 1.82) is 0 Å². The molecule has 8 heteroatoms. The molecule has 0 aromatic heterocycles. The summed E-state index contributed by atoms with van der Waals surface area (Å²) in [6.07, 6.45) is 17.0. The van der Waals surface area contributed by atoms with Gasteiger partial charge in [0.05, 0.1) is 6.10 Å². The third kappa shape index (κ3) is 9.76. The molecule has 0 saturated heterocycles. The highest BCUT2D eigenvalue weighted by Gasteiger charge is 2.59. The van der Waals surface area contributed by atoms with Gasteiger partial charge in [-0.2, -0.15) is 0 Å². The maximum Gasteiger partial charge on any atom is 0.303 e. The summed E-state index contributed by atoms with van der Waals surface area (Å²) >= 11 is 0. The third-order valence-electron chi connectivity index (χ3n) is 10.3. The Hall–Kier alpha value is -1.49. The molecule has 1 unspecified atom stereocenters. The van der Waals surface area contributed by atoms with Gasteiger partial charge in [-0.1, -0.05) is 85.6 Å². The number of carbonyl (C=O) groups excluding carboxylic acids is 2. The molecule has 0 N–H and O–H groups in total. The van der Waals surface area contributed by atoms with Crippen LogP contribution in [-0.2, 0) is 27.9 Å². The molecule has 0 radical (unpaired) electrons. The van der Waals surface area contributed by atoms with Crippen molar-refractivity contribution >= 4 is 28.6 Å². The van der Waals surface area contributed by atoms with Gasteiger partial charge in [0, 0.05) is 32.3 Å². The number of fused-ring (bicyclic) bond motifs is 2. The van der Waals surface area contributed by atoms with Crippen LogP contribution >= 0.6 is 0 Å².